The lowest BCUT2D eigenvalue weighted by Gasteiger charge is -2.39. The Balaban J connectivity index is 1.19. The molecule has 3 aromatic rings. The summed E-state index contributed by atoms with van der Waals surface area (Å²) in [4.78, 5) is 20.8. The minimum atomic E-state index is -1.61. The van der Waals surface area contributed by atoms with Crippen LogP contribution in [0.15, 0.2) is 76.7 Å². The summed E-state index contributed by atoms with van der Waals surface area (Å²) in [5.74, 6) is -2.20. The minimum absolute atomic E-state index is 0.0314. The van der Waals surface area contributed by atoms with E-state index in [2.05, 4.69) is 15.3 Å². The molecule has 0 radical (unpaired) electrons. The van der Waals surface area contributed by atoms with Gasteiger partial charge in [-0.15, -0.1) is 0 Å². The van der Waals surface area contributed by atoms with Crippen LogP contribution in [0.4, 0.5) is 14.5 Å². The Kier molecular flexibility index (Phi) is 8.68. The number of carbonyl (C=O) groups excluding carboxylic acids is 1. The number of aryl methyl sites for hydroxylation is 1. The monoisotopic (exact) mass is 561 g/mol. The molecule has 0 spiro atoms. The van der Waals surface area contributed by atoms with E-state index in [1.807, 2.05) is 38.1 Å². The van der Waals surface area contributed by atoms with Crippen molar-refractivity contribution in [3.05, 3.63) is 101 Å². The lowest BCUT2D eigenvalue weighted by molar-refractivity contribution is -0.210. The summed E-state index contributed by atoms with van der Waals surface area (Å²) >= 11 is 0. The van der Waals surface area contributed by atoms with Gasteiger partial charge in [0.25, 0.3) is 5.91 Å². The largest absolute Gasteiger partial charge is 0.385 e. The molecule has 3 atom stereocenters. The zero-order chi connectivity index (χ0) is 29.0. The number of amides is 1. The van der Waals surface area contributed by atoms with Gasteiger partial charge in [0.05, 0.1) is 24.9 Å². The van der Waals surface area contributed by atoms with Crippen LogP contribution in [0.25, 0.3) is 0 Å². The molecule has 1 amide bonds. The van der Waals surface area contributed by atoms with E-state index >= 15 is 0 Å². The molecule has 3 unspecified atom stereocenters. The molecule has 41 heavy (non-hydrogen) atoms. The Morgan fingerprint density at radius 3 is 2.41 bits per heavy atom. The summed E-state index contributed by atoms with van der Waals surface area (Å²) in [7, 11) is 0. The first-order valence-corrected chi connectivity index (χ1v) is 13.7. The van der Waals surface area contributed by atoms with Crippen LogP contribution in [0, 0.1) is 30.4 Å². The average Bonchev–Trinajstić information content (AvgIpc) is 3.47. The zero-order valence-electron chi connectivity index (χ0n) is 23.0. The molecule has 2 aliphatic rings. The van der Waals surface area contributed by atoms with E-state index in [0.717, 1.165) is 28.9 Å². The summed E-state index contributed by atoms with van der Waals surface area (Å²) in [6.07, 6.45) is 3.01. The highest BCUT2D eigenvalue weighted by Gasteiger charge is 2.41. The maximum atomic E-state index is 14.9. The molecular weight excluding hydrogens is 528 g/mol. The van der Waals surface area contributed by atoms with Crippen LogP contribution in [-0.4, -0.2) is 42.8 Å². The van der Waals surface area contributed by atoms with Crippen LogP contribution in [0.3, 0.4) is 0 Å². The number of nitrogens with zero attached hydrogens (tertiary/aromatic N) is 2. The van der Waals surface area contributed by atoms with Crippen molar-refractivity contribution in [2.24, 2.45) is 21.8 Å². The first-order valence-electron chi connectivity index (χ1n) is 13.7. The van der Waals surface area contributed by atoms with Crippen molar-refractivity contribution in [3.8, 4) is 0 Å². The van der Waals surface area contributed by atoms with E-state index < -0.39 is 35.5 Å². The van der Waals surface area contributed by atoms with E-state index in [4.69, 9.17) is 9.47 Å². The summed E-state index contributed by atoms with van der Waals surface area (Å²) in [6, 6.07) is 17.5. The number of ether oxygens (including phenoxy) is 2. The summed E-state index contributed by atoms with van der Waals surface area (Å²) < 4.78 is 40.5. The molecule has 3 aromatic carbocycles. The highest BCUT2D eigenvalue weighted by Crippen LogP contribution is 2.41. The number of halogens is 2. The molecule has 0 saturated carbocycles. The Labute approximate surface area is 237 Å². The second kappa shape index (κ2) is 12.4. The van der Waals surface area contributed by atoms with Crippen molar-refractivity contribution < 1.29 is 28.2 Å². The number of carbonyl (C=O) groups is 1. The third-order valence-corrected chi connectivity index (χ3v) is 7.72. The van der Waals surface area contributed by atoms with Crippen molar-refractivity contribution in [1.82, 2.24) is 0 Å². The molecule has 0 aromatic heterocycles. The van der Waals surface area contributed by atoms with Gasteiger partial charge >= 0.3 is 0 Å². The molecule has 2 aliphatic heterocycles. The SMILES string of the molecule is Cc1ccc(NC(=O)c2ccc(C3OCC(CC(C)C(O)(CC4C=NC=N4)c4ccc(F)cc4F)CO3)cc2)cc1. The Morgan fingerprint density at radius 2 is 1.78 bits per heavy atom. The highest BCUT2D eigenvalue weighted by atomic mass is 19.1. The van der Waals surface area contributed by atoms with Gasteiger partial charge in [0.15, 0.2) is 6.29 Å². The molecule has 0 bridgehead atoms. The number of aliphatic hydroxyl groups is 1. The van der Waals surface area contributed by atoms with Crippen LogP contribution in [0.5, 0.6) is 0 Å². The highest BCUT2D eigenvalue weighted by molar-refractivity contribution is 6.04. The molecule has 5 rings (SSSR count). The van der Waals surface area contributed by atoms with Crippen LogP contribution in [0.2, 0.25) is 0 Å². The van der Waals surface area contributed by atoms with Gasteiger partial charge in [0, 0.05) is 47.0 Å². The van der Waals surface area contributed by atoms with Crippen LogP contribution >= 0.6 is 0 Å². The lowest BCUT2D eigenvalue weighted by Crippen LogP contribution is -2.40. The maximum Gasteiger partial charge on any atom is 0.255 e. The predicted molar refractivity (Wildman–Crippen MR) is 153 cm³/mol. The van der Waals surface area contributed by atoms with Gasteiger partial charge in [0.1, 0.15) is 18.0 Å². The molecule has 7 nitrogen and oxygen atoms in total. The Morgan fingerprint density at radius 1 is 1.07 bits per heavy atom. The standard InChI is InChI=1S/C32H33F2N3O4/c1-20-3-10-26(11-4-20)37-30(38)23-5-7-24(8-6-23)31-40-17-22(18-41-31)13-21(2)32(39,15-27-16-35-19-36-27)28-12-9-25(33)14-29(28)34/h3-12,14,16,19,21-22,27,31,39H,13,15,17-18H2,1-2H3,(H,37,38). The van der Waals surface area contributed by atoms with Gasteiger partial charge in [-0.2, -0.15) is 0 Å². The van der Waals surface area contributed by atoms with Crippen LogP contribution < -0.4 is 5.32 Å². The normalized spacial score (nSPS) is 22.3. The van der Waals surface area contributed by atoms with Crippen molar-refractivity contribution in [3.63, 3.8) is 0 Å². The average molecular weight is 562 g/mol. The summed E-state index contributed by atoms with van der Waals surface area (Å²) in [6.45, 7) is 4.57. The molecule has 9 heteroatoms. The number of benzene rings is 3. The quantitative estimate of drug-likeness (QED) is 0.337. The van der Waals surface area contributed by atoms with Crippen molar-refractivity contribution in [1.29, 1.82) is 0 Å². The van der Waals surface area contributed by atoms with Gasteiger partial charge in [0.2, 0.25) is 0 Å². The Hall–Kier alpha value is -3.79. The second-order valence-corrected chi connectivity index (χ2v) is 10.8. The zero-order valence-corrected chi connectivity index (χ0v) is 23.0. The molecule has 1 fully saturated rings. The Bertz CT molecular complexity index is 1410. The smallest absolute Gasteiger partial charge is 0.255 e. The van der Waals surface area contributed by atoms with Crippen LogP contribution in [-0.2, 0) is 15.1 Å². The van der Waals surface area contributed by atoms with Crippen molar-refractivity contribution in [2.75, 3.05) is 18.5 Å². The van der Waals surface area contributed by atoms with E-state index in [1.165, 1.54) is 12.4 Å². The number of hydrogen-bond donors (Lipinski definition) is 2. The number of aliphatic imine (C=N–C) groups is 2. The molecule has 0 aliphatic carbocycles. The minimum Gasteiger partial charge on any atom is -0.385 e. The van der Waals surface area contributed by atoms with Gasteiger partial charge in [-0.3, -0.25) is 9.79 Å². The lowest BCUT2D eigenvalue weighted by atomic mass is 9.74. The van der Waals surface area contributed by atoms with Crippen molar-refractivity contribution in [2.45, 2.75) is 44.6 Å². The number of anilines is 1. The van der Waals surface area contributed by atoms with E-state index in [1.54, 1.807) is 30.5 Å². The van der Waals surface area contributed by atoms with E-state index in [0.29, 0.717) is 25.2 Å². The fourth-order valence-corrected chi connectivity index (χ4v) is 5.34. The summed E-state index contributed by atoms with van der Waals surface area (Å²) in [5, 5.41) is 14.7. The van der Waals surface area contributed by atoms with Crippen LogP contribution in [0.1, 0.15) is 53.1 Å². The third kappa shape index (κ3) is 6.75. The van der Waals surface area contributed by atoms with Gasteiger partial charge in [-0.05, 0) is 49.6 Å². The van der Waals surface area contributed by atoms with E-state index in [9.17, 15) is 18.7 Å². The first-order chi connectivity index (χ1) is 19.7. The van der Waals surface area contributed by atoms with E-state index in [-0.39, 0.29) is 23.8 Å². The predicted octanol–water partition coefficient (Wildman–Crippen LogP) is 5.97. The fourth-order valence-electron chi connectivity index (χ4n) is 5.34. The molecule has 2 heterocycles. The van der Waals surface area contributed by atoms with Crippen molar-refractivity contribution >= 4 is 24.1 Å². The first kappa shape index (κ1) is 28.7. The molecule has 1 saturated heterocycles. The number of rotatable bonds is 9. The maximum absolute atomic E-state index is 14.9. The van der Waals surface area contributed by atoms with Gasteiger partial charge in [-0.1, -0.05) is 42.8 Å². The van der Waals surface area contributed by atoms with Gasteiger partial charge < -0.3 is 19.9 Å². The number of nitrogens with one attached hydrogen (secondary N) is 1. The second-order valence-electron chi connectivity index (χ2n) is 10.8. The topological polar surface area (TPSA) is 92.5 Å². The molecular formula is C32H33F2N3O4. The number of hydrogen-bond acceptors (Lipinski definition) is 6. The third-order valence-electron chi connectivity index (χ3n) is 7.72. The molecule has 214 valence electrons. The fraction of sp³-hybridized carbons (Fsp3) is 0.344. The molecule has 2 N–H and O–H groups in total. The van der Waals surface area contributed by atoms with Gasteiger partial charge in [-0.25, -0.2) is 13.8 Å². The summed E-state index contributed by atoms with van der Waals surface area (Å²) in [5.41, 5.74) is 1.56.